The van der Waals surface area contributed by atoms with Gasteiger partial charge in [-0.1, -0.05) is 41.7 Å². The number of rotatable bonds is 8. The fraction of sp³-hybridized carbons (Fsp3) is 0.211. The van der Waals surface area contributed by atoms with Crippen LogP contribution in [-0.4, -0.2) is 50.1 Å². The number of benzene rings is 2. The Bertz CT molecular complexity index is 1130. The first-order valence-electron chi connectivity index (χ1n) is 8.72. The summed E-state index contributed by atoms with van der Waals surface area (Å²) >= 11 is 0.780. The van der Waals surface area contributed by atoms with Crippen LogP contribution in [0.3, 0.4) is 0 Å². The molecule has 1 aromatic heterocycles. The maximum atomic E-state index is 12.8. The quantitative estimate of drug-likeness (QED) is 0.527. The van der Waals surface area contributed by atoms with E-state index in [-0.39, 0.29) is 16.0 Å². The van der Waals surface area contributed by atoms with Gasteiger partial charge in [-0.2, -0.15) is 4.31 Å². The van der Waals surface area contributed by atoms with Crippen molar-refractivity contribution in [1.82, 2.24) is 14.5 Å². The minimum absolute atomic E-state index is 0.0708. The van der Waals surface area contributed by atoms with Gasteiger partial charge in [-0.15, -0.1) is 10.2 Å². The number of nitrogens with one attached hydrogen (secondary N) is 1. The van der Waals surface area contributed by atoms with Crippen LogP contribution in [0.5, 0.6) is 11.5 Å². The third kappa shape index (κ3) is 4.75. The van der Waals surface area contributed by atoms with Crippen molar-refractivity contribution in [2.24, 2.45) is 0 Å². The summed E-state index contributed by atoms with van der Waals surface area (Å²) in [6.07, 6.45) is 0. The van der Waals surface area contributed by atoms with E-state index in [2.05, 4.69) is 15.5 Å². The number of nitrogens with zero attached hydrogens (tertiary/aromatic N) is 3. The van der Waals surface area contributed by atoms with Gasteiger partial charge in [0.25, 0.3) is 15.9 Å². The summed E-state index contributed by atoms with van der Waals surface area (Å²) in [5.41, 5.74) is 1.14. The van der Waals surface area contributed by atoms with Crippen molar-refractivity contribution in [3.8, 4) is 11.5 Å². The molecule has 1 amide bonds. The zero-order valence-corrected chi connectivity index (χ0v) is 18.2. The zero-order valence-electron chi connectivity index (χ0n) is 16.5. The molecule has 11 heteroatoms. The normalized spacial score (nSPS) is 11.3. The van der Waals surface area contributed by atoms with Gasteiger partial charge in [0.2, 0.25) is 9.47 Å². The van der Waals surface area contributed by atoms with E-state index in [9.17, 15) is 13.2 Å². The lowest BCUT2D eigenvalue weighted by Crippen LogP contribution is -2.26. The van der Waals surface area contributed by atoms with E-state index >= 15 is 0 Å². The Labute approximate surface area is 178 Å². The first-order chi connectivity index (χ1) is 14.3. The molecule has 1 N–H and O–H groups in total. The van der Waals surface area contributed by atoms with Crippen LogP contribution in [0.4, 0.5) is 5.13 Å². The maximum absolute atomic E-state index is 12.8. The van der Waals surface area contributed by atoms with E-state index in [1.54, 1.807) is 12.1 Å². The van der Waals surface area contributed by atoms with Crippen molar-refractivity contribution in [3.63, 3.8) is 0 Å². The highest BCUT2D eigenvalue weighted by Crippen LogP contribution is 2.28. The highest BCUT2D eigenvalue weighted by atomic mass is 32.2. The first-order valence-corrected chi connectivity index (χ1v) is 11.0. The number of sulfonamides is 1. The average Bonchev–Trinajstić information content (AvgIpc) is 3.23. The van der Waals surface area contributed by atoms with Crippen LogP contribution in [0.25, 0.3) is 0 Å². The molecule has 0 aliphatic carbocycles. The summed E-state index contributed by atoms with van der Waals surface area (Å²) < 4.78 is 36.8. The largest absolute Gasteiger partial charge is 0.493 e. The highest BCUT2D eigenvalue weighted by Gasteiger charge is 2.26. The third-order valence-corrected chi connectivity index (χ3v) is 7.14. The molecule has 3 rings (SSSR count). The van der Waals surface area contributed by atoms with Gasteiger partial charge in [-0.25, -0.2) is 8.42 Å². The number of carbonyl (C=O) groups excluding carboxylic acids is 1. The highest BCUT2D eigenvalue weighted by molar-refractivity contribution is 7.91. The number of ether oxygens (including phenoxy) is 2. The molecule has 0 aliphatic heterocycles. The Balaban J connectivity index is 1.73. The maximum Gasteiger partial charge on any atom is 0.272 e. The second kappa shape index (κ2) is 9.20. The van der Waals surface area contributed by atoms with Crippen LogP contribution in [0.15, 0.2) is 52.9 Å². The topological polar surface area (TPSA) is 111 Å². The minimum Gasteiger partial charge on any atom is -0.493 e. The fourth-order valence-corrected chi connectivity index (χ4v) is 4.81. The lowest BCUT2D eigenvalue weighted by atomic mass is 10.2. The molecular weight excluding hydrogens is 428 g/mol. The van der Waals surface area contributed by atoms with Crippen LogP contribution in [0.1, 0.15) is 15.9 Å². The van der Waals surface area contributed by atoms with Gasteiger partial charge in [-0.05, 0) is 23.8 Å². The number of methoxy groups -OCH3 is 2. The van der Waals surface area contributed by atoms with Crippen molar-refractivity contribution < 1.29 is 22.7 Å². The molecule has 0 saturated carbocycles. The molecule has 0 unspecified atom stereocenters. The van der Waals surface area contributed by atoms with Gasteiger partial charge in [0.1, 0.15) is 0 Å². The van der Waals surface area contributed by atoms with Gasteiger partial charge in [-0.3, -0.25) is 10.1 Å². The van der Waals surface area contributed by atoms with Crippen LogP contribution < -0.4 is 14.8 Å². The summed E-state index contributed by atoms with van der Waals surface area (Å²) in [4.78, 5) is 12.5. The Hall–Kier alpha value is -3.02. The van der Waals surface area contributed by atoms with E-state index in [4.69, 9.17) is 9.47 Å². The molecule has 0 bridgehead atoms. The molecule has 0 saturated heterocycles. The van der Waals surface area contributed by atoms with Crippen molar-refractivity contribution in [1.29, 1.82) is 0 Å². The van der Waals surface area contributed by atoms with Crippen LogP contribution in [0.2, 0.25) is 0 Å². The Morgan fingerprint density at radius 3 is 2.43 bits per heavy atom. The smallest absolute Gasteiger partial charge is 0.272 e. The van der Waals surface area contributed by atoms with Gasteiger partial charge in [0.15, 0.2) is 11.5 Å². The Morgan fingerprint density at radius 2 is 1.77 bits per heavy atom. The number of hydrogen-bond donors (Lipinski definition) is 1. The molecule has 158 valence electrons. The number of hydrogen-bond acceptors (Lipinski definition) is 8. The number of amides is 1. The van der Waals surface area contributed by atoms with Crippen molar-refractivity contribution >= 4 is 32.4 Å². The second-order valence-electron chi connectivity index (χ2n) is 6.14. The molecule has 30 heavy (non-hydrogen) atoms. The van der Waals surface area contributed by atoms with E-state index < -0.39 is 15.9 Å². The molecule has 0 fully saturated rings. The Kier molecular flexibility index (Phi) is 6.65. The molecule has 0 atom stereocenters. The molecule has 0 spiro atoms. The number of carbonyl (C=O) groups is 1. The van der Waals surface area contributed by atoms with Crippen LogP contribution in [-0.2, 0) is 16.6 Å². The van der Waals surface area contributed by atoms with Gasteiger partial charge in [0, 0.05) is 19.2 Å². The number of aromatic nitrogens is 2. The van der Waals surface area contributed by atoms with Gasteiger partial charge < -0.3 is 9.47 Å². The summed E-state index contributed by atoms with van der Waals surface area (Å²) in [6, 6.07) is 13.9. The minimum atomic E-state index is -3.85. The Morgan fingerprint density at radius 1 is 1.07 bits per heavy atom. The molecular formula is C19H20N4O5S2. The molecule has 0 radical (unpaired) electrons. The summed E-state index contributed by atoms with van der Waals surface area (Å²) in [5, 5.41) is 10.2. The monoisotopic (exact) mass is 448 g/mol. The molecule has 2 aromatic carbocycles. The van der Waals surface area contributed by atoms with Crippen molar-refractivity contribution in [3.05, 3.63) is 59.7 Å². The summed E-state index contributed by atoms with van der Waals surface area (Å²) in [6.45, 7) is 0.191. The van der Waals surface area contributed by atoms with E-state index in [0.717, 1.165) is 16.9 Å². The third-order valence-electron chi connectivity index (χ3n) is 4.15. The second-order valence-corrected chi connectivity index (χ2v) is 9.34. The van der Waals surface area contributed by atoms with E-state index in [1.165, 1.54) is 31.6 Å². The molecule has 0 aliphatic rings. The van der Waals surface area contributed by atoms with Crippen molar-refractivity contribution in [2.75, 3.05) is 26.6 Å². The van der Waals surface area contributed by atoms with Gasteiger partial charge in [0.05, 0.1) is 14.2 Å². The lowest BCUT2D eigenvalue weighted by Gasteiger charge is -2.14. The molecule has 1 heterocycles. The predicted octanol–water partition coefficient (Wildman–Crippen LogP) is 2.63. The van der Waals surface area contributed by atoms with Gasteiger partial charge >= 0.3 is 0 Å². The van der Waals surface area contributed by atoms with E-state index in [0.29, 0.717) is 17.1 Å². The van der Waals surface area contributed by atoms with Crippen molar-refractivity contribution in [2.45, 2.75) is 10.9 Å². The van der Waals surface area contributed by atoms with E-state index in [1.807, 2.05) is 30.3 Å². The fourth-order valence-electron chi connectivity index (χ4n) is 2.57. The van der Waals surface area contributed by atoms with Crippen LogP contribution >= 0.6 is 11.3 Å². The SMILES string of the molecule is COc1ccc(C(=O)Nc2nnc(S(=O)(=O)N(C)Cc3ccccc3)s2)cc1OC. The number of anilines is 1. The summed E-state index contributed by atoms with van der Waals surface area (Å²) in [7, 11) is 0.579. The van der Waals surface area contributed by atoms with Crippen LogP contribution in [0, 0.1) is 0 Å². The first kappa shape index (κ1) is 21.7. The lowest BCUT2D eigenvalue weighted by molar-refractivity contribution is 0.102. The molecule has 9 nitrogen and oxygen atoms in total. The average molecular weight is 449 g/mol. The molecule has 3 aromatic rings. The zero-order chi connectivity index (χ0) is 21.7. The summed E-state index contributed by atoms with van der Waals surface area (Å²) in [5.74, 6) is 0.404. The standard InChI is InChI=1S/C19H20N4O5S2/c1-23(12-13-7-5-4-6-8-13)30(25,26)19-22-21-18(29-19)20-17(24)14-9-10-15(27-2)16(11-14)28-3/h4-11H,12H2,1-3H3,(H,20,21,24). The predicted molar refractivity (Wildman–Crippen MR) is 113 cm³/mol.